The SMILES string of the molecule is C[C@H](NCc1ccc(Cl)c(Cl)c1)c1ccccc1Br. The van der Waals surface area contributed by atoms with Gasteiger partial charge in [-0.25, -0.2) is 0 Å². The van der Waals surface area contributed by atoms with E-state index < -0.39 is 0 Å². The highest BCUT2D eigenvalue weighted by Gasteiger charge is 2.08. The van der Waals surface area contributed by atoms with Gasteiger partial charge < -0.3 is 5.32 Å². The quantitative estimate of drug-likeness (QED) is 0.749. The zero-order valence-corrected chi connectivity index (χ0v) is 13.6. The minimum Gasteiger partial charge on any atom is -0.306 e. The fraction of sp³-hybridized carbons (Fsp3) is 0.200. The van der Waals surface area contributed by atoms with Gasteiger partial charge in [0.05, 0.1) is 10.0 Å². The molecule has 2 aromatic rings. The van der Waals surface area contributed by atoms with E-state index in [-0.39, 0.29) is 6.04 Å². The molecule has 0 saturated heterocycles. The van der Waals surface area contributed by atoms with Gasteiger partial charge in [0.1, 0.15) is 0 Å². The second-order valence-corrected chi connectivity index (χ2v) is 6.04. The molecule has 0 aromatic heterocycles. The molecule has 1 atom stereocenters. The monoisotopic (exact) mass is 357 g/mol. The lowest BCUT2D eigenvalue weighted by Gasteiger charge is -2.16. The fourth-order valence-corrected chi connectivity index (χ4v) is 2.81. The Labute approximate surface area is 132 Å². The van der Waals surface area contributed by atoms with Crippen LogP contribution in [0.1, 0.15) is 24.1 Å². The van der Waals surface area contributed by atoms with Crippen LogP contribution in [0.25, 0.3) is 0 Å². The van der Waals surface area contributed by atoms with Crippen LogP contribution >= 0.6 is 39.1 Å². The maximum absolute atomic E-state index is 6.00. The third-order valence-electron chi connectivity index (χ3n) is 2.97. The minimum atomic E-state index is 0.255. The van der Waals surface area contributed by atoms with Crippen LogP contribution in [0.4, 0.5) is 0 Å². The van der Waals surface area contributed by atoms with Crippen LogP contribution in [0.3, 0.4) is 0 Å². The van der Waals surface area contributed by atoms with Crippen molar-refractivity contribution in [2.75, 3.05) is 0 Å². The lowest BCUT2D eigenvalue weighted by atomic mass is 10.1. The van der Waals surface area contributed by atoms with Crippen LogP contribution in [-0.4, -0.2) is 0 Å². The average Bonchev–Trinajstić information content (AvgIpc) is 2.40. The minimum absolute atomic E-state index is 0.255. The van der Waals surface area contributed by atoms with Crippen molar-refractivity contribution in [2.24, 2.45) is 0 Å². The third-order valence-corrected chi connectivity index (χ3v) is 4.43. The molecule has 0 unspecified atom stereocenters. The summed E-state index contributed by atoms with van der Waals surface area (Å²) in [5.74, 6) is 0. The molecule has 0 amide bonds. The number of halogens is 3. The number of hydrogen-bond donors (Lipinski definition) is 1. The summed E-state index contributed by atoms with van der Waals surface area (Å²) in [4.78, 5) is 0. The van der Waals surface area contributed by atoms with Gasteiger partial charge in [-0.15, -0.1) is 0 Å². The summed E-state index contributed by atoms with van der Waals surface area (Å²) in [5, 5.41) is 4.65. The highest BCUT2D eigenvalue weighted by Crippen LogP contribution is 2.25. The van der Waals surface area contributed by atoms with Crippen molar-refractivity contribution in [1.29, 1.82) is 0 Å². The summed E-state index contributed by atoms with van der Waals surface area (Å²) in [6, 6.07) is 14.2. The first-order valence-electron chi connectivity index (χ1n) is 5.99. The second kappa shape index (κ2) is 6.76. The molecule has 0 bridgehead atoms. The van der Waals surface area contributed by atoms with Crippen molar-refractivity contribution >= 4 is 39.1 Å². The summed E-state index contributed by atoms with van der Waals surface area (Å²) in [7, 11) is 0. The maximum Gasteiger partial charge on any atom is 0.0595 e. The van der Waals surface area contributed by atoms with Gasteiger partial charge in [0.15, 0.2) is 0 Å². The molecule has 2 aromatic carbocycles. The number of benzene rings is 2. The molecular weight excluding hydrogens is 345 g/mol. The van der Waals surface area contributed by atoms with E-state index in [0.29, 0.717) is 10.0 Å². The van der Waals surface area contributed by atoms with Gasteiger partial charge in [-0.05, 0) is 36.2 Å². The van der Waals surface area contributed by atoms with Crippen LogP contribution in [0.2, 0.25) is 10.0 Å². The Kier molecular flexibility index (Phi) is 5.28. The molecule has 0 aliphatic carbocycles. The normalized spacial score (nSPS) is 12.4. The molecule has 100 valence electrons. The van der Waals surface area contributed by atoms with E-state index in [1.54, 1.807) is 0 Å². The fourth-order valence-electron chi connectivity index (χ4n) is 1.86. The Bertz CT molecular complexity index is 572. The molecule has 0 fully saturated rings. The van der Waals surface area contributed by atoms with Crippen LogP contribution in [0, 0.1) is 0 Å². The van der Waals surface area contributed by atoms with E-state index in [1.807, 2.05) is 36.4 Å². The second-order valence-electron chi connectivity index (χ2n) is 4.37. The van der Waals surface area contributed by atoms with Crippen LogP contribution in [-0.2, 0) is 6.54 Å². The smallest absolute Gasteiger partial charge is 0.0595 e. The van der Waals surface area contributed by atoms with Crippen molar-refractivity contribution in [3.8, 4) is 0 Å². The zero-order chi connectivity index (χ0) is 13.8. The topological polar surface area (TPSA) is 12.0 Å². The molecule has 1 nitrogen and oxygen atoms in total. The molecule has 0 spiro atoms. The highest BCUT2D eigenvalue weighted by atomic mass is 79.9. The Hall–Kier alpha value is -0.540. The Morgan fingerprint density at radius 2 is 1.84 bits per heavy atom. The van der Waals surface area contributed by atoms with Gasteiger partial charge in [0.2, 0.25) is 0 Å². The van der Waals surface area contributed by atoms with E-state index in [1.165, 1.54) is 5.56 Å². The Morgan fingerprint density at radius 3 is 2.53 bits per heavy atom. The number of hydrogen-bond acceptors (Lipinski definition) is 1. The first-order valence-corrected chi connectivity index (χ1v) is 7.54. The first kappa shape index (κ1) is 14.9. The summed E-state index contributed by atoms with van der Waals surface area (Å²) in [6.07, 6.45) is 0. The van der Waals surface area contributed by atoms with Crippen molar-refractivity contribution in [3.05, 3.63) is 68.1 Å². The molecule has 1 N–H and O–H groups in total. The zero-order valence-electron chi connectivity index (χ0n) is 10.5. The molecule has 4 heteroatoms. The van der Waals surface area contributed by atoms with Crippen molar-refractivity contribution in [1.82, 2.24) is 5.32 Å². The summed E-state index contributed by atoms with van der Waals surface area (Å²) < 4.78 is 1.11. The highest BCUT2D eigenvalue weighted by molar-refractivity contribution is 9.10. The standard InChI is InChI=1S/C15H14BrCl2N/c1-10(12-4-2-3-5-13(12)16)19-9-11-6-7-14(17)15(18)8-11/h2-8,10,19H,9H2,1H3/t10-/m0/s1. The molecular formula is C15H14BrCl2N. The third kappa shape index (κ3) is 3.96. The summed E-state index contributed by atoms with van der Waals surface area (Å²) >= 11 is 15.5. The van der Waals surface area contributed by atoms with Crippen LogP contribution < -0.4 is 5.32 Å². The lowest BCUT2D eigenvalue weighted by molar-refractivity contribution is 0.573. The molecule has 0 heterocycles. The predicted octanol–water partition coefficient (Wildman–Crippen LogP) is 5.61. The molecule has 19 heavy (non-hydrogen) atoms. The molecule has 2 rings (SSSR count). The number of rotatable bonds is 4. The molecule has 0 aliphatic heterocycles. The van der Waals surface area contributed by atoms with Gasteiger partial charge >= 0.3 is 0 Å². The van der Waals surface area contributed by atoms with E-state index in [9.17, 15) is 0 Å². The average molecular weight is 359 g/mol. The van der Waals surface area contributed by atoms with Crippen LogP contribution in [0.15, 0.2) is 46.9 Å². The largest absolute Gasteiger partial charge is 0.306 e. The molecule has 0 aliphatic rings. The van der Waals surface area contributed by atoms with E-state index in [2.05, 4.69) is 34.2 Å². The van der Waals surface area contributed by atoms with Crippen molar-refractivity contribution in [3.63, 3.8) is 0 Å². The van der Waals surface area contributed by atoms with E-state index >= 15 is 0 Å². The molecule has 0 saturated carbocycles. The van der Waals surface area contributed by atoms with E-state index in [0.717, 1.165) is 16.6 Å². The van der Waals surface area contributed by atoms with Crippen molar-refractivity contribution in [2.45, 2.75) is 19.5 Å². The summed E-state index contributed by atoms with van der Waals surface area (Å²) in [6.45, 7) is 2.89. The Balaban J connectivity index is 2.02. The van der Waals surface area contributed by atoms with E-state index in [4.69, 9.17) is 23.2 Å². The van der Waals surface area contributed by atoms with Crippen LogP contribution in [0.5, 0.6) is 0 Å². The van der Waals surface area contributed by atoms with Gasteiger partial charge in [-0.1, -0.05) is 63.4 Å². The molecule has 0 radical (unpaired) electrons. The van der Waals surface area contributed by atoms with Crippen molar-refractivity contribution < 1.29 is 0 Å². The van der Waals surface area contributed by atoms with Gasteiger partial charge in [0.25, 0.3) is 0 Å². The lowest BCUT2D eigenvalue weighted by Crippen LogP contribution is -2.18. The van der Waals surface area contributed by atoms with Gasteiger partial charge in [-0.2, -0.15) is 0 Å². The predicted molar refractivity (Wildman–Crippen MR) is 85.9 cm³/mol. The van der Waals surface area contributed by atoms with Gasteiger partial charge in [0, 0.05) is 17.1 Å². The summed E-state index contributed by atoms with van der Waals surface area (Å²) in [5.41, 5.74) is 2.36. The number of nitrogens with one attached hydrogen (secondary N) is 1. The van der Waals surface area contributed by atoms with Gasteiger partial charge in [-0.3, -0.25) is 0 Å². The first-order chi connectivity index (χ1) is 9.08. The Morgan fingerprint density at radius 1 is 1.11 bits per heavy atom. The maximum atomic E-state index is 6.00.